The number of benzene rings is 1. The predicted molar refractivity (Wildman–Crippen MR) is 107 cm³/mol. The Morgan fingerprint density at radius 2 is 1.77 bits per heavy atom. The molecule has 0 N–H and O–H groups in total. The van der Waals surface area contributed by atoms with Crippen LogP contribution in [0.15, 0.2) is 47.9 Å². The van der Waals surface area contributed by atoms with Crippen molar-refractivity contribution in [1.29, 1.82) is 0 Å². The van der Waals surface area contributed by atoms with E-state index in [2.05, 4.69) is 57.0 Å². The number of aromatic nitrogens is 2. The molecule has 1 aromatic carbocycles. The fourth-order valence-corrected chi connectivity index (χ4v) is 4.82. The minimum absolute atomic E-state index is 0.671. The summed E-state index contributed by atoms with van der Waals surface area (Å²) in [4.78, 5) is 14.3. The third kappa shape index (κ3) is 4.45. The lowest BCUT2D eigenvalue weighted by Gasteiger charge is -2.36. The summed E-state index contributed by atoms with van der Waals surface area (Å²) in [5.41, 5.74) is 2.67. The highest BCUT2D eigenvalue weighted by Gasteiger charge is 2.34. The van der Waals surface area contributed by atoms with Gasteiger partial charge in [0, 0.05) is 56.7 Å². The summed E-state index contributed by atoms with van der Waals surface area (Å²) in [5.74, 6) is 1.81. The van der Waals surface area contributed by atoms with Crippen molar-refractivity contribution in [2.45, 2.75) is 44.1 Å². The van der Waals surface area contributed by atoms with Crippen LogP contribution in [0.1, 0.15) is 30.9 Å². The first kappa shape index (κ1) is 18.0. The molecule has 138 valence electrons. The van der Waals surface area contributed by atoms with Crippen LogP contribution >= 0.6 is 11.8 Å². The maximum Gasteiger partial charge on any atom is 0.187 e. The van der Waals surface area contributed by atoms with E-state index < -0.39 is 0 Å². The van der Waals surface area contributed by atoms with Crippen molar-refractivity contribution >= 4 is 11.8 Å². The smallest absolute Gasteiger partial charge is 0.187 e. The number of hydrogen-bond acceptors (Lipinski definition) is 5. The van der Waals surface area contributed by atoms with Crippen LogP contribution in [0.25, 0.3) is 0 Å². The van der Waals surface area contributed by atoms with E-state index in [0.29, 0.717) is 6.04 Å². The Kier molecular flexibility index (Phi) is 5.88. The van der Waals surface area contributed by atoms with Crippen LogP contribution in [0.3, 0.4) is 0 Å². The number of fused-ring (bicyclic) bond motifs is 4. The first-order valence-electron chi connectivity index (χ1n) is 9.74. The van der Waals surface area contributed by atoms with Gasteiger partial charge in [-0.05, 0) is 30.1 Å². The van der Waals surface area contributed by atoms with Crippen molar-refractivity contribution < 1.29 is 0 Å². The SMILES string of the molecule is CCSc1ncc(CN2C[C@@H]3CC[C@H](C2)N(Cc2ccccc2)C3)cn1. The average Bonchev–Trinajstić information content (AvgIpc) is 2.95. The quantitative estimate of drug-likeness (QED) is 0.574. The number of nitrogens with zero attached hydrogens (tertiary/aromatic N) is 4. The third-order valence-electron chi connectivity index (χ3n) is 5.49. The standard InChI is InChI=1S/C21H28N4S/c1-2-26-21-22-10-19(11-23-21)13-24-12-18-8-9-20(16-24)25(15-18)14-17-6-4-3-5-7-17/h3-7,10-11,18,20H,2,8-9,12-16H2,1H3/t18-,20+/m0/s1. The van der Waals surface area contributed by atoms with E-state index in [-0.39, 0.29) is 0 Å². The Morgan fingerprint density at radius 1 is 0.962 bits per heavy atom. The van der Waals surface area contributed by atoms with Gasteiger partial charge < -0.3 is 0 Å². The second-order valence-electron chi connectivity index (χ2n) is 7.51. The van der Waals surface area contributed by atoms with Gasteiger partial charge in [0.1, 0.15) is 0 Å². The summed E-state index contributed by atoms with van der Waals surface area (Å²) < 4.78 is 0. The predicted octanol–water partition coefficient (Wildman–Crippen LogP) is 3.69. The van der Waals surface area contributed by atoms with Crippen LogP contribution < -0.4 is 0 Å². The normalized spacial score (nSPS) is 23.9. The highest BCUT2D eigenvalue weighted by atomic mass is 32.2. The molecule has 1 aromatic heterocycles. The fourth-order valence-electron chi connectivity index (χ4n) is 4.30. The molecule has 2 bridgehead atoms. The topological polar surface area (TPSA) is 32.3 Å². The van der Waals surface area contributed by atoms with Crippen molar-refractivity contribution in [3.05, 3.63) is 53.9 Å². The largest absolute Gasteiger partial charge is 0.297 e. The molecule has 26 heavy (non-hydrogen) atoms. The van der Waals surface area contributed by atoms with Gasteiger partial charge in [-0.2, -0.15) is 0 Å². The molecule has 0 aliphatic carbocycles. The molecule has 0 unspecified atom stereocenters. The molecule has 0 saturated carbocycles. The Labute approximate surface area is 161 Å². The van der Waals surface area contributed by atoms with Crippen LogP contribution in [-0.4, -0.2) is 51.2 Å². The second-order valence-corrected chi connectivity index (χ2v) is 8.74. The molecule has 4 nitrogen and oxygen atoms in total. The van der Waals surface area contributed by atoms with E-state index >= 15 is 0 Å². The van der Waals surface area contributed by atoms with Gasteiger partial charge in [0.05, 0.1) is 0 Å². The van der Waals surface area contributed by atoms with Crippen molar-refractivity contribution in [3.8, 4) is 0 Å². The van der Waals surface area contributed by atoms with Gasteiger partial charge >= 0.3 is 0 Å². The molecule has 3 aliphatic rings. The van der Waals surface area contributed by atoms with Crippen LogP contribution in [0, 0.1) is 5.92 Å². The summed E-state index contributed by atoms with van der Waals surface area (Å²) in [7, 11) is 0. The van der Waals surface area contributed by atoms with Gasteiger partial charge in [-0.15, -0.1) is 0 Å². The Balaban J connectivity index is 1.39. The molecule has 4 heterocycles. The van der Waals surface area contributed by atoms with Crippen molar-refractivity contribution in [2.24, 2.45) is 5.92 Å². The Morgan fingerprint density at radius 3 is 2.54 bits per heavy atom. The Hall–Kier alpha value is -1.43. The lowest BCUT2D eigenvalue weighted by Crippen LogP contribution is -2.43. The summed E-state index contributed by atoms with van der Waals surface area (Å²) in [6, 6.07) is 11.6. The van der Waals surface area contributed by atoms with Gasteiger partial charge in [-0.25, -0.2) is 9.97 Å². The maximum atomic E-state index is 4.50. The lowest BCUT2D eigenvalue weighted by molar-refractivity contribution is 0.123. The third-order valence-corrected chi connectivity index (χ3v) is 6.25. The van der Waals surface area contributed by atoms with Gasteiger partial charge in [0.2, 0.25) is 0 Å². The van der Waals surface area contributed by atoms with Crippen LogP contribution in [0.2, 0.25) is 0 Å². The number of hydrogen-bond donors (Lipinski definition) is 0. The fraction of sp³-hybridized carbons (Fsp3) is 0.524. The molecular weight excluding hydrogens is 340 g/mol. The van der Waals surface area contributed by atoms with E-state index in [0.717, 1.165) is 36.5 Å². The zero-order valence-corrected chi connectivity index (χ0v) is 16.4. The summed E-state index contributed by atoms with van der Waals surface area (Å²) >= 11 is 1.70. The number of rotatable bonds is 6. The molecule has 2 atom stereocenters. The first-order valence-corrected chi connectivity index (χ1v) is 10.7. The van der Waals surface area contributed by atoms with Crippen LogP contribution in [0.4, 0.5) is 0 Å². The number of thioether (sulfide) groups is 1. The molecule has 3 saturated heterocycles. The molecule has 0 spiro atoms. The van der Waals surface area contributed by atoms with Gasteiger partial charge in [-0.3, -0.25) is 9.80 Å². The summed E-state index contributed by atoms with van der Waals surface area (Å²) in [5, 5.41) is 0.890. The average molecular weight is 369 g/mol. The zero-order chi connectivity index (χ0) is 17.8. The molecule has 5 rings (SSSR count). The highest BCUT2D eigenvalue weighted by Crippen LogP contribution is 2.30. The molecule has 0 amide bonds. The molecule has 0 radical (unpaired) electrons. The summed E-state index contributed by atoms with van der Waals surface area (Å²) in [6.45, 7) is 7.79. The minimum atomic E-state index is 0.671. The zero-order valence-electron chi connectivity index (χ0n) is 15.6. The van der Waals surface area contributed by atoms with E-state index in [1.165, 1.54) is 37.1 Å². The van der Waals surface area contributed by atoms with Crippen LogP contribution in [-0.2, 0) is 13.1 Å². The monoisotopic (exact) mass is 368 g/mol. The lowest BCUT2D eigenvalue weighted by atomic mass is 9.94. The minimum Gasteiger partial charge on any atom is -0.297 e. The molecule has 3 fully saturated rings. The molecule has 2 aromatic rings. The van der Waals surface area contributed by atoms with E-state index in [4.69, 9.17) is 0 Å². The van der Waals surface area contributed by atoms with Gasteiger partial charge in [0.25, 0.3) is 0 Å². The molecule has 3 aliphatic heterocycles. The number of piperidine rings is 1. The van der Waals surface area contributed by atoms with Crippen molar-refractivity contribution in [1.82, 2.24) is 19.8 Å². The van der Waals surface area contributed by atoms with Crippen molar-refractivity contribution in [2.75, 3.05) is 25.4 Å². The van der Waals surface area contributed by atoms with E-state index in [1.54, 1.807) is 11.8 Å². The van der Waals surface area contributed by atoms with Crippen LogP contribution in [0.5, 0.6) is 0 Å². The highest BCUT2D eigenvalue weighted by molar-refractivity contribution is 7.99. The van der Waals surface area contributed by atoms with E-state index in [9.17, 15) is 0 Å². The Bertz CT molecular complexity index is 691. The van der Waals surface area contributed by atoms with Gasteiger partial charge in [0.15, 0.2) is 5.16 Å². The summed E-state index contributed by atoms with van der Waals surface area (Å²) in [6.07, 6.45) is 6.73. The first-order chi connectivity index (χ1) is 12.8. The maximum absolute atomic E-state index is 4.50. The van der Waals surface area contributed by atoms with E-state index in [1.807, 2.05) is 12.4 Å². The van der Waals surface area contributed by atoms with Gasteiger partial charge in [-0.1, -0.05) is 49.0 Å². The molecule has 5 heteroatoms. The molecular formula is C21H28N4S. The second kappa shape index (κ2) is 8.51. The van der Waals surface area contributed by atoms with Crippen molar-refractivity contribution in [3.63, 3.8) is 0 Å².